The molecule has 0 bridgehead atoms. The highest BCUT2D eigenvalue weighted by Crippen LogP contribution is 2.32. The first-order valence-corrected chi connectivity index (χ1v) is 9.45. The van der Waals surface area contributed by atoms with Crippen LogP contribution in [-0.4, -0.2) is 32.4 Å². The molecule has 0 amide bonds. The molecule has 1 aromatic heterocycles. The minimum Gasteiger partial charge on any atom is -0.312 e. The van der Waals surface area contributed by atoms with Gasteiger partial charge in [-0.05, 0) is 30.9 Å². The zero-order valence-corrected chi connectivity index (χ0v) is 14.1. The molecular formula is C14H24N2O2S2. The second kappa shape index (κ2) is 6.13. The summed E-state index contributed by atoms with van der Waals surface area (Å²) in [5.74, 6) is 0. The molecular weight excluding hydrogens is 292 g/mol. The van der Waals surface area contributed by atoms with Crippen LogP contribution in [0.15, 0.2) is 16.3 Å². The van der Waals surface area contributed by atoms with Gasteiger partial charge in [-0.15, -0.1) is 11.3 Å². The average molecular weight is 316 g/mol. The molecule has 1 aliphatic rings. The fourth-order valence-electron chi connectivity index (χ4n) is 2.56. The van der Waals surface area contributed by atoms with Crippen LogP contribution >= 0.6 is 11.3 Å². The largest absolute Gasteiger partial charge is 0.312 e. The van der Waals surface area contributed by atoms with Gasteiger partial charge in [-0.2, -0.15) is 4.31 Å². The van der Waals surface area contributed by atoms with Crippen molar-refractivity contribution in [2.75, 3.05) is 19.6 Å². The number of piperidine rings is 1. The molecule has 1 fully saturated rings. The topological polar surface area (TPSA) is 49.4 Å². The Balaban J connectivity index is 2.15. The third-order valence-electron chi connectivity index (χ3n) is 3.68. The van der Waals surface area contributed by atoms with E-state index in [4.69, 9.17) is 0 Å². The van der Waals surface area contributed by atoms with Crippen molar-refractivity contribution in [2.24, 2.45) is 5.41 Å². The maximum absolute atomic E-state index is 12.7. The van der Waals surface area contributed by atoms with Crippen molar-refractivity contribution in [1.29, 1.82) is 0 Å². The highest BCUT2D eigenvalue weighted by atomic mass is 32.2. The highest BCUT2D eigenvalue weighted by molar-refractivity contribution is 7.89. The average Bonchev–Trinajstić information content (AvgIpc) is 2.84. The zero-order chi connectivity index (χ0) is 14.8. The molecule has 0 saturated carbocycles. The minimum atomic E-state index is -3.32. The summed E-state index contributed by atoms with van der Waals surface area (Å²) in [6.45, 7) is 9.21. The Labute approximate surface area is 126 Å². The molecule has 0 spiro atoms. The van der Waals surface area contributed by atoms with Crippen LogP contribution in [0.5, 0.6) is 0 Å². The molecule has 2 rings (SSSR count). The van der Waals surface area contributed by atoms with Crippen molar-refractivity contribution in [3.05, 3.63) is 16.3 Å². The molecule has 0 aromatic carbocycles. The van der Waals surface area contributed by atoms with Crippen LogP contribution in [0.2, 0.25) is 0 Å². The Morgan fingerprint density at radius 1 is 1.45 bits per heavy atom. The molecule has 4 nitrogen and oxygen atoms in total. The number of nitrogens with zero attached hydrogens (tertiary/aromatic N) is 1. The van der Waals surface area contributed by atoms with Crippen molar-refractivity contribution >= 4 is 21.4 Å². The van der Waals surface area contributed by atoms with E-state index in [-0.39, 0.29) is 5.41 Å². The molecule has 1 aromatic rings. The van der Waals surface area contributed by atoms with E-state index in [0.29, 0.717) is 18.0 Å². The summed E-state index contributed by atoms with van der Waals surface area (Å²) in [6.07, 6.45) is 2.04. The molecule has 20 heavy (non-hydrogen) atoms. The summed E-state index contributed by atoms with van der Waals surface area (Å²) in [5, 5.41) is 4.99. The fourth-order valence-corrected chi connectivity index (χ4v) is 5.46. The van der Waals surface area contributed by atoms with Gasteiger partial charge in [-0.25, -0.2) is 8.42 Å². The second-order valence-corrected chi connectivity index (χ2v) is 9.07. The molecule has 1 aliphatic heterocycles. The Morgan fingerprint density at radius 3 is 2.85 bits per heavy atom. The van der Waals surface area contributed by atoms with Gasteiger partial charge in [0.2, 0.25) is 10.0 Å². The molecule has 2 heterocycles. The molecule has 0 unspecified atom stereocenters. The number of sulfonamides is 1. The van der Waals surface area contributed by atoms with Crippen LogP contribution in [0.3, 0.4) is 0 Å². The molecule has 0 atom stereocenters. The SMILES string of the molecule is CCNCc1cc(S(=O)(=O)N2CCCC(C)(C)C2)cs1. The quantitative estimate of drug-likeness (QED) is 0.908. The maximum Gasteiger partial charge on any atom is 0.243 e. The monoisotopic (exact) mass is 316 g/mol. The van der Waals surface area contributed by atoms with Crippen molar-refractivity contribution in [1.82, 2.24) is 9.62 Å². The first-order chi connectivity index (χ1) is 9.35. The Hall–Kier alpha value is -0.430. The van der Waals surface area contributed by atoms with Gasteiger partial charge in [-0.3, -0.25) is 0 Å². The lowest BCUT2D eigenvalue weighted by molar-refractivity contribution is 0.187. The number of rotatable bonds is 5. The van der Waals surface area contributed by atoms with Gasteiger partial charge in [0.05, 0.1) is 4.90 Å². The maximum atomic E-state index is 12.7. The molecule has 114 valence electrons. The first-order valence-electron chi connectivity index (χ1n) is 7.13. The van der Waals surface area contributed by atoms with Gasteiger partial charge >= 0.3 is 0 Å². The first kappa shape index (κ1) is 15.9. The summed E-state index contributed by atoms with van der Waals surface area (Å²) in [5.41, 5.74) is 0.0773. The lowest BCUT2D eigenvalue weighted by Crippen LogP contribution is -2.43. The van der Waals surface area contributed by atoms with E-state index < -0.39 is 10.0 Å². The van der Waals surface area contributed by atoms with Crippen molar-refractivity contribution < 1.29 is 8.42 Å². The van der Waals surface area contributed by atoms with Crippen molar-refractivity contribution in [3.8, 4) is 0 Å². The Morgan fingerprint density at radius 2 is 2.20 bits per heavy atom. The van der Waals surface area contributed by atoms with Crippen LogP contribution in [0.4, 0.5) is 0 Å². The second-order valence-electron chi connectivity index (χ2n) is 6.14. The van der Waals surface area contributed by atoms with E-state index in [1.807, 2.05) is 13.0 Å². The van der Waals surface area contributed by atoms with Gasteiger partial charge in [0, 0.05) is 29.9 Å². The Bertz CT molecular complexity index is 549. The molecule has 0 aliphatic carbocycles. The van der Waals surface area contributed by atoms with Crippen LogP contribution in [0.1, 0.15) is 38.5 Å². The third-order valence-corrected chi connectivity index (χ3v) is 6.59. The van der Waals surface area contributed by atoms with Gasteiger partial charge in [-0.1, -0.05) is 20.8 Å². The normalized spacial score (nSPS) is 20.1. The molecule has 6 heteroatoms. The van der Waals surface area contributed by atoms with E-state index >= 15 is 0 Å². The molecule has 1 saturated heterocycles. The molecule has 1 N–H and O–H groups in total. The lowest BCUT2D eigenvalue weighted by Gasteiger charge is -2.36. The van der Waals surface area contributed by atoms with E-state index in [1.54, 1.807) is 9.69 Å². The number of hydrogen-bond donors (Lipinski definition) is 1. The highest BCUT2D eigenvalue weighted by Gasteiger charge is 2.34. The van der Waals surface area contributed by atoms with E-state index in [0.717, 1.165) is 30.8 Å². The fraction of sp³-hybridized carbons (Fsp3) is 0.714. The standard InChI is InChI=1S/C14H24N2O2S2/c1-4-15-9-12-8-13(10-19-12)20(17,18)16-7-5-6-14(2,3)11-16/h8,10,15H,4-7,9,11H2,1-3H3. The lowest BCUT2D eigenvalue weighted by atomic mass is 9.85. The van der Waals surface area contributed by atoms with Gasteiger partial charge in [0.15, 0.2) is 0 Å². The summed E-state index contributed by atoms with van der Waals surface area (Å²) < 4.78 is 27.0. The van der Waals surface area contributed by atoms with Crippen LogP contribution < -0.4 is 5.32 Å². The van der Waals surface area contributed by atoms with Crippen LogP contribution in [0.25, 0.3) is 0 Å². The predicted molar refractivity (Wildman–Crippen MR) is 83.5 cm³/mol. The van der Waals surface area contributed by atoms with Gasteiger partial charge in [0.1, 0.15) is 0 Å². The van der Waals surface area contributed by atoms with Crippen molar-refractivity contribution in [3.63, 3.8) is 0 Å². The van der Waals surface area contributed by atoms with E-state index in [9.17, 15) is 8.42 Å². The van der Waals surface area contributed by atoms with E-state index in [2.05, 4.69) is 19.2 Å². The predicted octanol–water partition coefficient (Wildman–Crippen LogP) is 2.67. The Kier molecular flexibility index (Phi) is 4.89. The van der Waals surface area contributed by atoms with Crippen molar-refractivity contribution in [2.45, 2.75) is 45.1 Å². The molecule has 0 radical (unpaired) electrons. The van der Waals surface area contributed by atoms with Gasteiger partial charge < -0.3 is 5.32 Å². The minimum absolute atomic E-state index is 0.0773. The number of nitrogens with one attached hydrogen (secondary N) is 1. The number of hydrogen-bond acceptors (Lipinski definition) is 4. The van der Waals surface area contributed by atoms with E-state index in [1.165, 1.54) is 11.3 Å². The summed E-state index contributed by atoms with van der Waals surface area (Å²) in [6, 6.07) is 1.81. The summed E-state index contributed by atoms with van der Waals surface area (Å²) in [7, 11) is -3.32. The van der Waals surface area contributed by atoms with Gasteiger partial charge in [0.25, 0.3) is 0 Å². The van der Waals surface area contributed by atoms with Crippen LogP contribution in [-0.2, 0) is 16.6 Å². The number of thiophene rings is 1. The van der Waals surface area contributed by atoms with Crippen LogP contribution in [0, 0.1) is 5.41 Å². The third kappa shape index (κ3) is 3.61. The smallest absolute Gasteiger partial charge is 0.243 e. The summed E-state index contributed by atoms with van der Waals surface area (Å²) in [4.78, 5) is 1.52. The summed E-state index contributed by atoms with van der Waals surface area (Å²) >= 11 is 1.51. The zero-order valence-electron chi connectivity index (χ0n) is 12.5.